The number of nitrogens with zero attached hydrogens (tertiary/aromatic N) is 2. The van der Waals surface area contributed by atoms with Crippen molar-refractivity contribution < 1.29 is 4.79 Å². The highest BCUT2D eigenvalue weighted by Gasteiger charge is 2.25. The standard InChI is InChI=1S/C15H20N4O/c1-2-9-19(14-7-8-17-11-14)15(20)18-13-5-3-12(10-16)4-6-13/h3-6,14,17H,2,7-9,11H2,1H3,(H,18,20). The SMILES string of the molecule is CCCN(C(=O)Nc1ccc(C#N)cc1)C1CCNC1. The summed E-state index contributed by atoms with van der Waals surface area (Å²) >= 11 is 0. The molecule has 1 aromatic carbocycles. The van der Waals surface area contributed by atoms with Gasteiger partial charge >= 0.3 is 6.03 Å². The maximum Gasteiger partial charge on any atom is 0.322 e. The van der Waals surface area contributed by atoms with E-state index in [1.54, 1.807) is 24.3 Å². The lowest BCUT2D eigenvalue weighted by Gasteiger charge is -2.28. The van der Waals surface area contributed by atoms with Crippen LogP contribution in [0.25, 0.3) is 0 Å². The first kappa shape index (κ1) is 14.4. The molecule has 20 heavy (non-hydrogen) atoms. The number of urea groups is 1. The fourth-order valence-corrected chi connectivity index (χ4v) is 2.42. The quantitative estimate of drug-likeness (QED) is 0.882. The van der Waals surface area contributed by atoms with E-state index in [2.05, 4.69) is 23.6 Å². The number of hydrogen-bond acceptors (Lipinski definition) is 3. The van der Waals surface area contributed by atoms with E-state index in [0.717, 1.165) is 38.2 Å². The summed E-state index contributed by atoms with van der Waals surface area (Å²) in [5, 5.41) is 15.0. The summed E-state index contributed by atoms with van der Waals surface area (Å²) in [7, 11) is 0. The summed E-state index contributed by atoms with van der Waals surface area (Å²) in [6.45, 7) is 4.66. The maximum absolute atomic E-state index is 12.4. The van der Waals surface area contributed by atoms with E-state index >= 15 is 0 Å². The Morgan fingerprint density at radius 3 is 2.80 bits per heavy atom. The van der Waals surface area contributed by atoms with Gasteiger partial charge < -0.3 is 15.5 Å². The number of nitrogens with one attached hydrogen (secondary N) is 2. The molecule has 1 atom stereocenters. The van der Waals surface area contributed by atoms with Crippen molar-refractivity contribution in [3.8, 4) is 6.07 Å². The van der Waals surface area contributed by atoms with Crippen molar-refractivity contribution >= 4 is 11.7 Å². The number of nitriles is 1. The van der Waals surface area contributed by atoms with Crippen molar-refractivity contribution in [2.75, 3.05) is 25.0 Å². The highest BCUT2D eigenvalue weighted by atomic mass is 16.2. The van der Waals surface area contributed by atoms with Crippen LogP contribution in [0.5, 0.6) is 0 Å². The van der Waals surface area contributed by atoms with Gasteiger partial charge in [-0.1, -0.05) is 6.92 Å². The average Bonchev–Trinajstić information content (AvgIpc) is 2.99. The molecule has 1 heterocycles. The Kier molecular flexibility index (Phi) is 4.97. The number of benzene rings is 1. The van der Waals surface area contributed by atoms with E-state index in [0.29, 0.717) is 5.56 Å². The molecule has 1 aliphatic heterocycles. The number of carbonyl (C=O) groups is 1. The minimum atomic E-state index is -0.0646. The first-order chi connectivity index (χ1) is 9.74. The first-order valence-corrected chi connectivity index (χ1v) is 7.03. The third-order valence-electron chi connectivity index (χ3n) is 3.47. The predicted molar refractivity (Wildman–Crippen MR) is 78.4 cm³/mol. The fourth-order valence-electron chi connectivity index (χ4n) is 2.42. The molecule has 0 bridgehead atoms. The van der Waals surface area contributed by atoms with Crippen LogP contribution in [-0.2, 0) is 0 Å². The van der Waals surface area contributed by atoms with Gasteiger partial charge in [0.1, 0.15) is 0 Å². The summed E-state index contributed by atoms with van der Waals surface area (Å²) in [6, 6.07) is 9.20. The highest BCUT2D eigenvalue weighted by Crippen LogP contribution is 2.14. The second kappa shape index (κ2) is 6.92. The summed E-state index contributed by atoms with van der Waals surface area (Å²) in [4.78, 5) is 14.3. The van der Waals surface area contributed by atoms with Gasteiger partial charge in [0.25, 0.3) is 0 Å². The second-order valence-corrected chi connectivity index (χ2v) is 4.96. The van der Waals surface area contributed by atoms with Gasteiger partial charge in [-0.2, -0.15) is 5.26 Å². The molecule has 0 spiro atoms. The fraction of sp³-hybridized carbons (Fsp3) is 0.467. The summed E-state index contributed by atoms with van der Waals surface area (Å²) in [5.74, 6) is 0. The molecule has 5 heteroatoms. The molecule has 2 amide bonds. The molecule has 0 aliphatic carbocycles. The lowest BCUT2D eigenvalue weighted by molar-refractivity contribution is 0.192. The molecule has 106 valence electrons. The summed E-state index contributed by atoms with van der Waals surface area (Å²) < 4.78 is 0. The number of hydrogen-bond donors (Lipinski definition) is 2. The molecule has 1 aliphatic rings. The van der Waals surface area contributed by atoms with Crippen molar-refractivity contribution in [2.24, 2.45) is 0 Å². The number of anilines is 1. The Bertz CT molecular complexity index is 486. The molecule has 0 radical (unpaired) electrons. The number of rotatable bonds is 4. The van der Waals surface area contributed by atoms with Gasteiger partial charge in [0, 0.05) is 24.8 Å². The molecule has 1 aromatic rings. The van der Waals surface area contributed by atoms with Crippen LogP contribution in [0, 0.1) is 11.3 Å². The van der Waals surface area contributed by atoms with Crippen LogP contribution < -0.4 is 10.6 Å². The second-order valence-electron chi connectivity index (χ2n) is 4.96. The van der Waals surface area contributed by atoms with Gasteiger partial charge in [0.05, 0.1) is 11.6 Å². The Labute approximate surface area is 119 Å². The topological polar surface area (TPSA) is 68.2 Å². The van der Waals surface area contributed by atoms with Crippen LogP contribution in [0.1, 0.15) is 25.3 Å². The zero-order valence-electron chi connectivity index (χ0n) is 11.7. The Hall–Kier alpha value is -2.06. The van der Waals surface area contributed by atoms with Crippen LogP contribution >= 0.6 is 0 Å². The third kappa shape index (κ3) is 3.49. The Morgan fingerprint density at radius 1 is 1.50 bits per heavy atom. The molecule has 0 saturated carbocycles. The number of amides is 2. The van der Waals surface area contributed by atoms with Gasteiger partial charge in [-0.05, 0) is 43.7 Å². The molecule has 1 fully saturated rings. The van der Waals surface area contributed by atoms with Crippen LogP contribution in [0.4, 0.5) is 10.5 Å². The van der Waals surface area contributed by atoms with Crippen molar-refractivity contribution in [1.82, 2.24) is 10.2 Å². The van der Waals surface area contributed by atoms with Gasteiger partial charge in [-0.3, -0.25) is 0 Å². The van der Waals surface area contributed by atoms with Crippen molar-refractivity contribution in [3.05, 3.63) is 29.8 Å². The largest absolute Gasteiger partial charge is 0.322 e. The summed E-state index contributed by atoms with van der Waals surface area (Å²) in [5.41, 5.74) is 1.31. The minimum Gasteiger partial charge on any atom is -0.320 e. The van der Waals surface area contributed by atoms with E-state index in [4.69, 9.17) is 5.26 Å². The molecule has 1 saturated heterocycles. The van der Waals surface area contributed by atoms with Crippen LogP contribution in [-0.4, -0.2) is 36.6 Å². The molecular weight excluding hydrogens is 252 g/mol. The van der Waals surface area contributed by atoms with Crippen molar-refractivity contribution in [2.45, 2.75) is 25.8 Å². The lowest BCUT2D eigenvalue weighted by Crippen LogP contribution is -2.44. The zero-order valence-corrected chi connectivity index (χ0v) is 11.7. The zero-order chi connectivity index (χ0) is 14.4. The van der Waals surface area contributed by atoms with Crippen LogP contribution in [0.2, 0.25) is 0 Å². The summed E-state index contributed by atoms with van der Waals surface area (Å²) in [6.07, 6.45) is 1.94. The van der Waals surface area contributed by atoms with Crippen LogP contribution in [0.15, 0.2) is 24.3 Å². The molecule has 0 aromatic heterocycles. The van der Waals surface area contributed by atoms with Crippen molar-refractivity contribution in [3.63, 3.8) is 0 Å². The van der Waals surface area contributed by atoms with E-state index in [-0.39, 0.29) is 12.1 Å². The van der Waals surface area contributed by atoms with Gasteiger partial charge in [0.15, 0.2) is 0 Å². The third-order valence-corrected chi connectivity index (χ3v) is 3.47. The van der Waals surface area contributed by atoms with E-state index < -0.39 is 0 Å². The van der Waals surface area contributed by atoms with E-state index in [1.807, 2.05) is 4.90 Å². The maximum atomic E-state index is 12.4. The molecule has 5 nitrogen and oxygen atoms in total. The molecule has 2 rings (SSSR count). The highest BCUT2D eigenvalue weighted by molar-refractivity contribution is 5.89. The van der Waals surface area contributed by atoms with E-state index in [1.165, 1.54) is 0 Å². The minimum absolute atomic E-state index is 0.0646. The van der Waals surface area contributed by atoms with Crippen molar-refractivity contribution in [1.29, 1.82) is 5.26 Å². The number of carbonyl (C=O) groups excluding carboxylic acids is 1. The van der Waals surface area contributed by atoms with E-state index in [9.17, 15) is 4.79 Å². The van der Waals surface area contributed by atoms with Gasteiger partial charge in [-0.25, -0.2) is 4.79 Å². The van der Waals surface area contributed by atoms with Gasteiger partial charge in [-0.15, -0.1) is 0 Å². The van der Waals surface area contributed by atoms with Crippen LogP contribution in [0.3, 0.4) is 0 Å². The monoisotopic (exact) mass is 272 g/mol. The first-order valence-electron chi connectivity index (χ1n) is 7.03. The molecular formula is C15H20N4O. The van der Waals surface area contributed by atoms with Gasteiger partial charge in [0.2, 0.25) is 0 Å². The molecule has 1 unspecified atom stereocenters. The normalized spacial score (nSPS) is 17.5. The smallest absolute Gasteiger partial charge is 0.320 e. The predicted octanol–water partition coefficient (Wildman–Crippen LogP) is 2.16. The average molecular weight is 272 g/mol. The molecule has 2 N–H and O–H groups in total. The Balaban J connectivity index is 2.01. The Morgan fingerprint density at radius 2 is 2.25 bits per heavy atom. The lowest BCUT2D eigenvalue weighted by atomic mass is 10.2.